The van der Waals surface area contributed by atoms with E-state index in [2.05, 4.69) is 15.0 Å². The molecule has 0 amide bonds. The van der Waals surface area contributed by atoms with Gasteiger partial charge in [-0.1, -0.05) is 80.6 Å². The number of benzene rings is 3. The summed E-state index contributed by atoms with van der Waals surface area (Å²) in [5.74, 6) is 1.85. The third kappa shape index (κ3) is 4.23. The molecule has 0 unspecified atom stereocenters. The summed E-state index contributed by atoms with van der Waals surface area (Å²) in [6, 6.07) is 25.7. The van der Waals surface area contributed by atoms with E-state index in [1.165, 1.54) is 0 Å². The maximum absolute atomic E-state index is 6.23. The van der Waals surface area contributed by atoms with Crippen LogP contribution in [0.25, 0.3) is 34.2 Å². The summed E-state index contributed by atoms with van der Waals surface area (Å²) in [4.78, 5) is 14.1. The van der Waals surface area contributed by atoms with Gasteiger partial charge < -0.3 is 5.73 Å². The van der Waals surface area contributed by atoms with Crippen molar-refractivity contribution in [2.45, 2.75) is 20.8 Å². The van der Waals surface area contributed by atoms with Crippen LogP contribution >= 0.6 is 0 Å². The zero-order chi connectivity index (χ0) is 19.9. The molecule has 1 aromatic heterocycles. The molecular formula is C24H24N4. The minimum atomic E-state index is 0.579. The molecule has 0 aliphatic rings. The van der Waals surface area contributed by atoms with Gasteiger partial charge in [-0.05, 0) is 24.6 Å². The number of nitrogen functional groups attached to an aromatic ring is 1. The third-order valence-electron chi connectivity index (χ3n) is 4.15. The molecule has 4 aromatic rings. The van der Waals surface area contributed by atoms with Crippen molar-refractivity contribution in [1.29, 1.82) is 0 Å². The molecule has 140 valence electrons. The Labute approximate surface area is 166 Å². The van der Waals surface area contributed by atoms with Crippen LogP contribution < -0.4 is 5.73 Å². The number of anilines is 1. The monoisotopic (exact) mass is 368 g/mol. The van der Waals surface area contributed by atoms with Crippen LogP contribution in [-0.4, -0.2) is 15.0 Å². The van der Waals surface area contributed by atoms with Crippen molar-refractivity contribution in [2.75, 3.05) is 5.73 Å². The van der Waals surface area contributed by atoms with Crippen LogP contribution in [0.3, 0.4) is 0 Å². The van der Waals surface area contributed by atoms with Gasteiger partial charge in [-0.25, -0.2) is 15.0 Å². The van der Waals surface area contributed by atoms with Crippen LogP contribution in [0.15, 0.2) is 78.9 Å². The molecule has 0 atom stereocenters. The first-order valence-corrected chi connectivity index (χ1v) is 9.44. The van der Waals surface area contributed by atoms with Gasteiger partial charge in [0.1, 0.15) is 0 Å². The Kier molecular flexibility index (Phi) is 6.12. The fourth-order valence-electron chi connectivity index (χ4n) is 2.81. The summed E-state index contributed by atoms with van der Waals surface area (Å²) >= 11 is 0. The molecule has 0 aliphatic heterocycles. The summed E-state index contributed by atoms with van der Waals surface area (Å²) in [7, 11) is 0. The highest BCUT2D eigenvalue weighted by Crippen LogP contribution is 2.28. The van der Waals surface area contributed by atoms with Crippen LogP contribution in [0, 0.1) is 6.92 Å². The standard InChI is InChI=1S/C22H18N4.C2H6/c1-15-12-13-18(19(23)14-15)22-25-20(16-8-4-2-5-9-16)24-21(26-22)17-10-6-3-7-11-17;1-2/h2-14H,23H2,1H3;1-2H3. The van der Waals surface area contributed by atoms with E-state index in [1.54, 1.807) is 0 Å². The van der Waals surface area contributed by atoms with Crippen LogP contribution in [0.1, 0.15) is 19.4 Å². The lowest BCUT2D eigenvalue weighted by molar-refractivity contribution is 1.07. The normalized spacial score (nSPS) is 10.1. The van der Waals surface area contributed by atoms with Crippen molar-refractivity contribution in [1.82, 2.24) is 15.0 Å². The number of rotatable bonds is 3. The Morgan fingerprint density at radius 1 is 0.607 bits per heavy atom. The smallest absolute Gasteiger partial charge is 0.166 e. The van der Waals surface area contributed by atoms with Crippen molar-refractivity contribution in [3.63, 3.8) is 0 Å². The zero-order valence-electron chi connectivity index (χ0n) is 16.4. The van der Waals surface area contributed by atoms with Crippen molar-refractivity contribution in [3.8, 4) is 34.2 Å². The Bertz CT molecular complexity index is 987. The maximum atomic E-state index is 6.23. The Balaban J connectivity index is 0.00000109. The summed E-state index contributed by atoms with van der Waals surface area (Å²) in [6.07, 6.45) is 0. The van der Waals surface area contributed by atoms with Gasteiger partial charge in [-0.3, -0.25) is 0 Å². The minimum Gasteiger partial charge on any atom is -0.398 e. The molecule has 3 aromatic carbocycles. The molecule has 0 radical (unpaired) electrons. The number of hydrogen-bond donors (Lipinski definition) is 1. The van der Waals surface area contributed by atoms with Crippen molar-refractivity contribution in [2.24, 2.45) is 0 Å². The van der Waals surface area contributed by atoms with E-state index in [-0.39, 0.29) is 0 Å². The van der Waals surface area contributed by atoms with Gasteiger partial charge in [0.2, 0.25) is 0 Å². The fraction of sp³-hybridized carbons (Fsp3) is 0.125. The molecular weight excluding hydrogens is 344 g/mol. The highest BCUT2D eigenvalue weighted by atomic mass is 15.0. The first kappa shape index (κ1) is 19.2. The lowest BCUT2D eigenvalue weighted by atomic mass is 10.1. The first-order chi connectivity index (χ1) is 13.7. The van der Waals surface area contributed by atoms with Gasteiger partial charge in [-0.15, -0.1) is 0 Å². The van der Waals surface area contributed by atoms with E-state index >= 15 is 0 Å². The molecule has 4 heteroatoms. The molecule has 0 saturated heterocycles. The SMILES string of the molecule is CC.Cc1ccc(-c2nc(-c3ccccc3)nc(-c3ccccc3)n2)c(N)c1. The molecule has 28 heavy (non-hydrogen) atoms. The number of aryl methyl sites for hydroxylation is 1. The second-order valence-corrected chi connectivity index (χ2v) is 6.13. The van der Waals surface area contributed by atoms with E-state index in [1.807, 2.05) is 99.6 Å². The van der Waals surface area contributed by atoms with Gasteiger partial charge in [0.25, 0.3) is 0 Å². The van der Waals surface area contributed by atoms with Gasteiger partial charge >= 0.3 is 0 Å². The van der Waals surface area contributed by atoms with Crippen molar-refractivity contribution in [3.05, 3.63) is 84.4 Å². The van der Waals surface area contributed by atoms with Crippen LogP contribution in [0.4, 0.5) is 5.69 Å². The highest BCUT2D eigenvalue weighted by molar-refractivity contribution is 5.74. The first-order valence-electron chi connectivity index (χ1n) is 9.44. The number of nitrogens with zero attached hydrogens (tertiary/aromatic N) is 3. The van der Waals surface area contributed by atoms with Crippen molar-refractivity contribution < 1.29 is 0 Å². The molecule has 0 aliphatic carbocycles. The Hall–Kier alpha value is -3.53. The lowest BCUT2D eigenvalue weighted by Gasteiger charge is -2.10. The van der Waals surface area contributed by atoms with Crippen LogP contribution in [0.2, 0.25) is 0 Å². The second kappa shape index (κ2) is 8.91. The molecule has 0 saturated carbocycles. The van der Waals surface area contributed by atoms with E-state index in [4.69, 9.17) is 5.73 Å². The van der Waals surface area contributed by atoms with E-state index in [9.17, 15) is 0 Å². The van der Waals surface area contributed by atoms with E-state index < -0.39 is 0 Å². The second-order valence-electron chi connectivity index (χ2n) is 6.13. The summed E-state index contributed by atoms with van der Waals surface area (Å²) in [5, 5.41) is 0. The number of nitrogens with two attached hydrogens (primary N) is 1. The zero-order valence-corrected chi connectivity index (χ0v) is 16.4. The third-order valence-corrected chi connectivity index (χ3v) is 4.15. The van der Waals surface area contributed by atoms with E-state index in [0.717, 1.165) is 22.3 Å². The Morgan fingerprint density at radius 2 is 1.07 bits per heavy atom. The van der Waals surface area contributed by atoms with Gasteiger partial charge in [0, 0.05) is 22.4 Å². The summed E-state index contributed by atoms with van der Waals surface area (Å²) in [6.45, 7) is 6.01. The maximum Gasteiger partial charge on any atom is 0.166 e. The molecule has 4 nitrogen and oxygen atoms in total. The molecule has 4 rings (SSSR count). The molecule has 0 fully saturated rings. The van der Waals surface area contributed by atoms with Crippen LogP contribution in [-0.2, 0) is 0 Å². The van der Waals surface area contributed by atoms with Crippen LogP contribution in [0.5, 0.6) is 0 Å². The lowest BCUT2D eigenvalue weighted by Crippen LogP contribution is -2.02. The Morgan fingerprint density at radius 3 is 1.54 bits per heavy atom. The van der Waals surface area contributed by atoms with Crippen molar-refractivity contribution >= 4 is 5.69 Å². The predicted octanol–water partition coefficient (Wildman–Crippen LogP) is 5.79. The minimum absolute atomic E-state index is 0.579. The topological polar surface area (TPSA) is 64.7 Å². The predicted molar refractivity (Wildman–Crippen MR) is 117 cm³/mol. The molecule has 0 spiro atoms. The highest BCUT2D eigenvalue weighted by Gasteiger charge is 2.13. The quantitative estimate of drug-likeness (QED) is 0.465. The molecule has 0 bridgehead atoms. The van der Waals surface area contributed by atoms with E-state index in [0.29, 0.717) is 23.2 Å². The van der Waals surface area contributed by atoms with Gasteiger partial charge in [0.15, 0.2) is 17.5 Å². The molecule has 1 heterocycles. The number of aromatic nitrogens is 3. The average molecular weight is 368 g/mol. The number of hydrogen-bond acceptors (Lipinski definition) is 4. The van der Waals surface area contributed by atoms with Gasteiger partial charge in [-0.2, -0.15) is 0 Å². The molecule has 2 N–H and O–H groups in total. The largest absolute Gasteiger partial charge is 0.398 e. The van der Waals surface area contributed by atoms with Gasteiger partial charge in [0.05, 0.1) is 0 Å². The summed E-state index contributed by atoms with van der Waals surface area (Å²) in [5.41, 5.74) is 10.7. The summed E-state index contributed by atoms with van der Waals surface area (Å²) < 4.78 is 0. The fourth-order valence-corrected chi connectivity index (χ4v) is 2.81. The average Bonchev–Trinajstić information content (AvgIpc) is 2.76.